The molecule has 0 aromatic carbocycles. The average Bonchev–Trinajstić information content (AvgIpc) is 2.31. The molecule has 0 amide bonds. The molecule has 1 saturated carbocycles. The first kappa shape index (κ1) is 16.9. The van der Waals surface area contributed by atoms with Gasteiger partial charge in [-0.25, -0.2) is 13.6 Å². The molecule has 0 heterocycles. The second-order valence-corrected chi connectivity index (χ2v) is 8.00. The van der Waals surface area contributed by atoms with E-state index in [1.165, 1.54) is 25.7 Å². The van der Waals surface area contributed by atoms with Gasteiger partial charge in [0.1, 0.15) is 0 Å². The summed E-state index contributed by atoms with van der Waals surface area (Å²) in [6, 6.07) is 0. The number of hydrogen-bond acceptors (Lipinski definition) is 3. The van der Waals surface area contributed by atoms with Crippen molar-refractivity contribution in [2.45, 2.75) is 52.4 Å². The SMILES string of the molecule is CC(CCOCC1CCCC(C)C1)CCS(N)(=O)=O. The summed E-state index contributed by atoms with van der Waals surface area (Å²) >= 11 is 0. The molecule has 1 fully saturated rings. The van der Waals surface area contributed by atoms with Crippen molar-refractivity contribution in [2.24, 2.45) is 22.9 Å². The highest BCUT2D eigenvalue weighted by atomic mass is 32.2. The van der Waals surface area contributed by atoms with Gasteiger partial charge >= 0.3 is 0 Å². The van der Waals surface area contributed by atoms with E-state index < -0.39 is 10.0 Å². The molecule has 3 atom stereocenters. The van der Waals surface area contributed by atoms with Crippen LogP contribution in [0.15, 0.2) is 0 Å². The molecule has 1 rings (SSSR count). The van der Waals surface area contributed by atoms with Crippen LogP contribution in [0, 0.1) is 17.8 Å². The van der Waals surface area contributed by atoms with Gasteiger partial charge in [-0.3, -0.25) is 0 Å². The van der Waals surface area contributed by atoms with E-state index in [9.17, 15) is 8.42 Å². The molecular weight excluding hydrogens is 262 g/mol. The summed E-state index contributed by atoms with van der Waals surface area (Å²) in [6.45, 7) is 5.97. The first-order valence-corrected chi connectivity index (χ1v) is 9.16. The van der Waals surface area contributed by atoms with Crippen molar-refractivity contribution >= 4 is 10.0 Å². The lowest BCUT2D eigenvalue weighted by Gasteiger charge is -2.26. The van der Waals surface area contributed by atoms with E-state index in [1.807, 2.05) is 0 Å². The largest absolute Gasteiger partial charge is 0.381 e. The predicted octanol–water partition coefficient (Wildman–Crippen LogP) is 2.53. The van der Waals surface area contributed by atoms with Gasteiger partial charge in [-0.2, -0.15) is 0 Å². The maximum absolute atomic E-state index is 10.8. The van der Waals surface area contributed by atoms with Crippen molar-refractivity contribution in [3.05, 3.63) is 0 Å². The van der Waals surface area contributed by atoms with Crippen LogP contribution in [0.2, 0.25) is 0 Å². The van der Waals surface area contributed by atoms with Crippen molar-refractivity contribution in [3.63, 3.8) is 0 Å². The molecule has 0 aromatic rings. The van der Waals surface area contributed by atoms with Gasteiger partial charge in [0.2, 0.25) is 10.0 Å². The molecule has 3 unspecified atom stereocenters. The van der Waals surface area contributed by atoms with Crippen LogP contribution in [0.4, 0.5) is 0 Å². The first-order valence-electron chi connectivity index (χ1n) is 7.45. The molecule has 0 bridgehead atoms. The molecule has 0 radical (unpaired) electrons. The van der Waals surface area contributed by atoms with Gasteiger partial charge in [-0.1, -0.05) is 26.7 Å². The Morgan fingerprint density at radius 3 is 2.68 bits per heavy atom. The van der Waals surface area contributed by atoms with Gasteiger partial charge in [-0.15, -0.1) is 0 Å². The average molecular weight is 291 g/mol. The molecule has 5 heteroatoms. The Bertz CT molecular complexity index is 343. The summed E-state index contributed by atoms with van der Waals surface area (Å²) in [6.07, 6.45) is 6.83. The van der Waals surface area contributed by atoms with Crippen molar-refractivity contribution in [2.75, 3.05) is 19.0 Å². The van der Waals surface area contributed by atoms with E-state index >= 15 is 0 Å². The molecule has 0 aromatic heterocycles. The Hall–Kier alpha value is -0.130. The van der Waals surface area contributed by atoms with Gasteiger partial charge in [0.15, 0.2) is 0 Å². The lowest BCUT2D eigenvalue weighted by Crippen LogP contribution is -2.20. The number of sulfonamides is 1. The zero-order chi connectivity index (χ0) is 14.3. The van der Waals surface area contributed by atoms with Gasteiger partial charge in [0.25, 0.3) is 0 Å². The van der Waals surface area contributed by atoms with E-state index in [2.05, 4.69) is 13.8 Å². The monoisotopic (exact) mass is 291 g/mol. The zero-order valence-electron chi connectivity index (χ0n) is 12.3. The fraction of sp³-hybridized carbons (Fsp3) is 1.00. The molecule has 114 valence electrons. The molecule has 1 aliphatic carbocycles. The third-order valence-electron chi connectivity index (χ3n) is 4.05. The van der Waals surface area contributed by atoms with Crippen LogP contribution >= 0.6 is 0 Å². The number of primary sulfonamides is 1. The topological polar surface area (TPSA) is 69.4 Å². The van der Waals surface area contributed by atoms with Crippen LogP contribution in [0.25, 0.3) is 0 Å². The highest BCUT2D eigenvalue weighted by molar-refractivity contribution is 7.89. The maximum atomic E-state index is 10.8. The minimum Gasteiger partial charge on any atom is -0.381 e. The Morgan fingerprint density at radius 2 is 2.05 bits per heavy atom. The Balaban J connectivity index is 2.03. The summed E-state index contributed by atoms with van der Waals surface area (Å²) in [5, 5.41) is 4.99. The molecule has 19 heavy (non-hydrogen) atoms. The highest BCUT2D eigenvalue weighted by Crippen LogP contribution is 2.28. The second kappa shape index (κ2) is 8.22. The molecule has 1 aliphatic rings. The van der Waals surface area contributed by atoms with E-state index in [0.717, 1.165) is 31.5 Å². The summed E-state index contributed by atoms with van der Waals surface area (Å²) in [4.78, 5) is 0. The van der Waals surface area contributed by atoms with Crippen molar-refractivity contribution < 1.29 is 13.2 Å². The smallest absolute Gasteiger partial charge is 0.209 e. The van der Waals surface area contributed by atoms with E-state index in [1.54, 1.807) is 0 Å². The fourth-order valence-electron chi connectivity index (χ4n) is 2.76. The summed E-state index contributed by atoms with van der Waals surface area (Å²) in [5.74, 6) is 2.00. The van der Waals surface area contributed by atoms with Gasteiger partial charge < -0.3 is 4.74 Å². The standard InChI is InChI=1S/C14H29NO3S/c1-12(7-9-19(15,16)17)6-8-18-11-14-5-3-4-13(2)10-14/h12-14H,3-11H2,1-2H3,(H2,15,16,17). The van der Waals surface area contributed by atoms with Gasteiger partial charge in [0, 0.05) is 13.2 Å². The summed E-state index contributed by atoms with van der Waals surface area (Å²) in [5.41, 5.74) is 0. The molecule has 0 saturated heterocycles. The summed E-state index contributed by atoms with van der Waals surface area (Å²) in [7, 11) is -3.31. The number of ether oxygens (including phenoxy) is 1. The van der Waals surface area contributed by atoms with Crippen LogP contribution in [-0.4, -0.2) is 27.4 Å². The third-order valence-corrected chi connectivity index (χ3v) is 4.85. The molecule has 2 N–H and O–H groups in total. The molecule has 0 aliphatic heterocycles. The van der Waals surface area contributed by atoms with E-state index in [0.29, 0.717) is 12.3 Å². The van der Waals surface area contributed by atoms with Crippen LogP contribution < -0.4 is 5.14 Å². The van der Waals surface area contributed by atoms with Gasteiger partial charge in [-0.05, 0) is 43.4 Å². The van der Waals surface area contributed by atoms with E-state index in [4.69, 9.17) is 9.88 Å². The van der Waals surface area contributed by atoms with Crippen LogP contribution in [0.5, 0.6) is 0 Å². The van der Waals surface area contributed by atoms with Crippen molar-refractivity contribution in [1.29, 1.82) is 0 Å². The van der Waals surface area contributed by atoms with Gasteiger partial charge in [0.05, 0.1) is 5.75 Å². The predicted molar refractivity (Wildman–Crippen MR) is 78.3 cm³/mol. The zero-order valence-corrected chi connectivity index (χ0v) is 13.1. The lowest BCUT2D eigenvalue weighted by molar-refractivity contribution is 0.0688. The minimum atomic E-state index is -3.31. The lowest BCUT2D eigenvalue weighted by atomic mass is 9.83. The Morgan fingerprint density at radius 1 is 1.32 bits per heavy atom. The maximum Gasteiger partial charge on any atom is 0.209 e. The first-order chi connectivity index (χ1) is 8.87. The Labute approximate surface area is 118 Å². The number of hydrogen-bond donors (Lipinski definition) is 1. The Kier molecular flexibility index (Phi) is 7.32. The molecule has 4 nitrogen and oxygen atoms in total. The van der Waals surface area contributed by atoms with Crippen LogP contribution in [0.3, 0.4) is 0 Å². The van der Waals surface area contributed by atoms with Crippen LogP contribution in [-0.2, 0) is 14.8 Å². The van der Waals surface area contributed by atoms with Crippen molar-refractivity contribution in [1.82, 2.24) is 0 Å². The minimum absolute atomic E-state index is 0.0777. The quantitative estimate of drug-likeness (QED) is 0.699. The normalized spacial score (nSPS) is 26.3. The van der Waals surface area contributed by atoms with Crippen molar-refractivity contribution in [3.8, 4) is 0 Å². The molecular formula is C14H29NO3S. The summed E-state index contributed by atoms with van der Waals surface area (Å²) < 4.78 is 27.4. The highest BCUT2D eigenvalue weighted by Gasteiger charge is 2.18. The molecule has 0 spiro atoms. The fourth-order valence-corrected chi connectivity index (χ4v) is 3.49. The van der Waals surface area contributed by atoms with E-state index in [-0.39, 0.29) is 5.75 Å². The number of rotatable bonds is 8. The second-order valence-electron chi connectivity index (χ2n) is 6.26. The number of nitrogens with two attached hydrogens (primary N) is 1. The third kappa shape index (κ3) is 8.60. The van der Waals surface area contributed by atoms with Crippen LogP contribution in [0.1, 0.15) is 52.4 Å².